The van der Waals surface area contributed by atoms with Crippen molar-refractivity contribution in [3.63, 3.8) is 0 Å². The highest BCUT2D eigenvalue weighted by atomic mass is 19.1. The molecule has 3 heterocycles. The Labute approximate surface area is 195 Å². The number of pyridine rings is 1. The zero-order chi connectivity index (χ0) is 23.2. The summed E-state index contributed by atoms with van der Waals surface area (Å²) in [5, 5.41) is 4.27. The van der Waals surface area contributed by atoms with Gasteiger partial charge in [-0.25, -0.2) is 9.18 Å². The van der Waals surface area contributed by atoms with Crippen molar-refractivity contribution in [2.75, 3.05) is 6.54 Å². The van der Waals surface area contributed by atoms with Crippen molar-refractivity contribution < 1.29 is 13.9 Å². The van der Waals surface area contributed by atoms with Gasteiger partial charge in [-0.05, 0) is 60.2 Å². The van der Waals surface area contributed by atoms with E-state index in [9.17, 15) is 14.0 Å². The van der Waals surface area contributed by atoms with Crippen molar-refractivity contribution in [1.29, 1.82) is 0 Å². The van der Waals surface area contributed by atoms with E-state index in [1.54, 1.807) is 16.7 Å². The van der Waals surface area contributed by atoms with Crippen LogP contribution in [0.4, 0.5) is 4.39 Å². The number of nitrogens with one attached hydrogen (secondary N) is 1. The molecule has 1 N–H and O–H groups in total. The number of aromatic nitrogens is 1. The van der Waals surface area contributed by atoms with Crippen LogP contribution in [0.15, 0.2) is 77.6 Å². The molecular weight excluding hydrogens is 431 g/mol. The van der Waals surface area contributed by atoms with Crippen molar-refractivity contribution >= 4 is 16.9 Å². The fraction of sp³-hybridized carbons (Fsp3) is 0.214. The van der Waals surface area contributed by atoms with Crippen LogP contribution in [0.5, 0.6) is 0 Å². The van der Waals surface area contributed by atoms with Crippen LogP contribution in [0.25, 0.3) is 22.0 Å². The number of rotatable bonds is 6. The molecule has 6 heteroatoms. The Morgan fingerprint density at radius 3 is 2.65 bits per heavy atom. The Balaban J connectivity index is 1.13. The van der Waals surface area contributed by atoms with Crippen LogP contribution >= 0.6 is 0 Å². The second-order valence-electron chi connectivity index (χ2n) is 8.89. The minimum atomic E-state index is -0.297. The second kappa shape index (κ2) is 8.22. The highest BCUT2D eigenvalue weighted by Crippen LogP contribution is 2.37. The van der Waals surface area contributed by atoms with E-state index >= 15 is 0 Å². The Morgan fingerprint density at radius 2 is 1.79 bits per heavy atom. The normalized spacial score (nSPS) is 18.3. The Bertz CT molecular complexity index is 1480. The van der Waals surface area contributed by atoms with Crippen LogP contribution in [-0.4, -0.2) is 17.1 Å². The van der Waals surface area contributed by atoms with Gasteiger partial charge in [-0.2, -0.15) is 0 Å². The maximum absolute atomic E-state index is 14.6. The first-order valence-electron chi connectivity index (χ1n) is 11.6. The van der Waals surface area contributed by atoms with Crippen molar-refractivity contribution in [3.05, 3.63) is 106 Å². The molecule has 34 heavy (non-hydrogen) atoms. The number of esters is 1. The lowest BCUT2D eigenvalue weighted by Gasteiger charge is -2.15. The molecule has 2 atom stereocenters. The monoisotopic (exact) mass is 454 g/mol. The number of ether oxygens (including phenoxy) is 1. The van der Waals surface area contributed by atoms with E-state index in [0.29, 0.717) is 36.2 Å². The third-order valence-electron chi connectivity index (χ3n) is 6.86. The molecule has 0 saturated carbocycles. The minimum absolute atomic E-state index is 0.118. The van der Waals surface area contributed by atoms with Crippen LogP contribution in [0, 0.1) is 5.82 Å². The van der Waals surface area contributed by atoms with E-state index in [-0.39, 0.29) is 29.5 Å². The molecule has 0 spiro atoms. The first-order valence-corrected chi connectivity index (χ1v) is 11.6. The van der Waals surface area contributed by atoms with Gasteiger partial charge in [0.25, 0.3) is 5.56 Å². The quantitative estimate of drug-likeness (QED) is 0.324. The van der Waals surface area contributed by atoms with Gasteiger partial charge in [-0.3, -0.25) is 4.79 Å². The van der Waals surface area contributed by atoms with Crippen LogP contribution in [0.2, 0.25) is 0 Å². The van der Waals surface area contributed by atoms with Crippen LogP contribution in [0.1, 0.15) is 46.5 Å². The van der Waals surface area contributed by atoms with E-state index in [1.807, 2.05) is 48.5 Å². The molecule has 0 bridgehead atoms. The molecule has 5 nitrogen and oxygen atoms in total. The lowest BCUT2D eigenvalue weighted by molar-refractivity contribution is 0.0364. The van der Waals surface area contributed by atoms with Crippen LogP contribution < -0.4 is 10.9 Å². The van der Waals surface area contributed by atoms with Gasteiger partial charge in [0.15, 0.2) is 0 Å². The first kappa shape index (κ1) is 20.8. The van der Waals surface area contributed by atoms with Gasteiger partial charge < -0.3 is 14.6 Å². The van der Waals surface area contributed by atoms with E-state index in [4.69, 9.17) is 4.74 Å². The van der Waals surface area contributed by atoms with Crippen molar-refractivity contribution in [2.24, 2.45) is 0 Å². The molecule has 4 aromatic rings. The van der Waals surface area contributed by atoms with Gasteiger partial charge >= 0.3 is 5.97 Å². The third-order valence-corrected chi connectivity index (χ3v) is 6.86. The predicted molar refractivity (Wildman–Crippen MR) is 128 cm³/mol. The van der Waals surface area contributed by atoms with Gasteiger partial charge in [-0.1, -0.05) is 42.5 Å². The smallest absolute Gasteiger partial charge is 0.339 e. The van der Waals surface area contributed by atoms with E-state index < -0.39 is 0 Å². The molecule has 2 aliphatic heterocycles. The molecule has 0 amide bonds. The third kappa shape index (κ3) is 3.42. The number of hydrogen-bond donors (Lipinski definition) is 1. The minimum Gasteiger partial charge on any atom is -0.454 e. The van der Waals surface area contributed by atoms with Crippen LogP contribution in [-0.2, 0) is 11.3 Å². The molecule has 3 aromatic carbocycles. The number of carbonyl (C=O) groups excluding carboxylic acids is 1. The average Bonchev–Trinajstić information content (AvgIpc) is 3.40. The van der Waals surface area contributed by atoms with E-state index in [0.717, 1.165) is 28.5 Å². The fourth-order valence-corrected chi connectivity index (χ4v) is 5.21. The zero-order valence-corrected chi connectivity index (χ0v) is 18.5. The Kier molecular flexibility index (Phi) is 5.03. The summed E-state index contributed by atoms with van der Waals surface area (Å²) in [5.74, 6) is -0.583. The molecular formula is C28H23FN2O3. The molecule has 0 fully saturated rings. The summed E-state index contributed by atoms with van der Waals surface area (Å²) in [6.07, 6.45) is 1.14. The molecule has 0 aliphatic carbocycles. The van der Waals surface area contributed by atoms with Gasteiger partial charge in [0, 0.05) is 23.7 Å². The maximum Gasteiger partial charge on any atom is 0.339 e. The molecule has 170 valence electrons. The number of cyclic esters (lactones) is 1. The summed E-state index contributed by atoms with van der Waals surface area (Å²) in [5.41, 5.74) is 4.71. The summed E-state index contributed by atoms with van der Waals surface area (Å²) >= 11 is 0. The topological polar surface area (TPSA) is 60.3 Å². The van der Waals surface area contributed by atoms with Gasteiger partial charge in [0.05, 0.1) is 17.1 Å². The Hall–Kier alpha value is -3.77. The van der Waals surface area contributed by atoms with Gasteiger partial charge in [0.2, 0.25) is 0 Å². The number of benzene rings is 3. The van der Waals surface area contributed by atoms with Gasteiger partial charge in [0.1, 0.15) is 11.9 Å². The molecule has 6 rings (SSSR count). The van der Waals surface area contributed by atoms with E-state index in [2.05, 4.69) is 5.32 Å². The highest BCUT2D eigenvalue weighted by molar-refractivity contribution is 5.95. The van der Waals surface area contributed by atoms with Crippen molar-refractivity contribution in [3.8, 4) is 11.1 Å². The number of halogens is 1. The standard InChI is InChI=1S/C28H23FN2O3/c29-22-12-9-18-10-13-25(32)31-16-23(26(22)27(18)31)30-14-4-7-24-20-11-8-19(15-21(20)28(33)34-24)17-5-2-1-3-6-17/h1-3,5-6,8-13,15,23-24,30H,4,7,14,16H2/t23?,24-/m0/s1. The summed E-state index contributed by atoms with van der Waals surface area (Å²) < 4.78 is 21.9. The SMILES string of the molecule is O=C1O[C@@H](CCCNC2Cn3c(=O)ccc4ccc(F)c2c43)c2ccc(-c3ccccc3)cc21. The number of hydrogen-bond acceptors (Lipinski definition) is 4. The summed E-state index contributed by atoms with van der Waals surface area (Å²) in [4.78, 5) is 24.8. The Morgan fingerprint density at radius 1 is 0.971 bits per heavy atom. The number of carbonyl (C=O) groups is 1. The lowest BCUT2D eigenvalue weighted by Crippen LogP contribution is -2.26. The lowest BCUT2D eigenvalue weighted by atomic mass is 9.96. The summed E-state index contributed by atoms with van der Waals surface area (Å²) in [6, 6.07) is 22.1. The molecule has 1 unspecified atom stereocenters. The number of nitrogens with zero attached hydrogens (tertiary/aromatic N) is 1. The highest BCUT2D eigenvalue weighted by Gasteiger charge is 2.31. The molecule has 2 aliphatic rings. The van der Waals surface area contributed by atoms with Crippen molar-refractivity contribution in [2.45, 2.75) is 31.5 Å². The number of fused-ring (bicyclic) bond motifs is 1. The molecule has 0 saturated heterocycles. The molecule has 0 radical (unpaired) electrons. The fourth-order valence-electron chi connectivity index (χ4n) is 5.21. The maximum atomic E-state index is 14.6. The zero-order valence-electron chi connectivity index (χ0n) is 18.5. The van der Waals surface area contributed by atoms with Crippen molar-refractivity contribution in [1.82, 2.24) is 9.88 Å². The first-order chi connectivity index (χ1) is 16.6. The molecule has 1 aromatic heterocycles. The summed E-state index contributed by atoms with van der Waals surface area (Å²) in [6.45, 7) is 1.03. The second-order valence-corrected chi connectivity index (χ2v) is 8.89. The summed E-state index contributed by atoms with van der Waals surface area (Å²) in [7, 11) is 0. The average molecular weight is 455 g/mol. The largest absolute Gasteiger partial charge is 0.454 e. The van der Waals surface area contributed by atoms with Gasteiger partial charge in [-0.15, -0.1) is 0 Å². The van der Waals surface area contributed by atoms with Crippen LogP contribution in [0.3, 0.4) is 0 Å². The van der Waals surface area contributed by atoms with E-state index in [1.165, 1.54) is 12.1 Å². The predicted octanol–water partition coefficient (Wildman–Crippen LogP) is 5.14.